The van der Waals surface area contributed by atoms with Gasteiger partial charge in [-0.1, -0.05) is 12.1 Å². The molecule has 4 rings (SSSR count). The van der Waals surface area contributed by atoms with Gasteiger partial charge in [-0.15, -0.1) is 0 Å². The van der Waals surface area contributed by atoms with Crippen LogP contribution in [0.1, 0.15) is 16.7 Å². The van der Waals surface area contributed by atoms with Crippen molar-refractivity contribution in [2.45, 2.75) is 19.6 Å². The van der Waals surface area contributed by atoms with Gasteiger partial charge >= 0.3 is 13.3 Å². The minimum atomic E-state index is -4.42. The van der Waals surface area contributed by atoms with Crippen molar-refractivity contribution in [2.75, 3.05) is 31.2 Å². The third kappa shape index (κ3) is 3.90. The highest BCUT2D eigenvalue weighted by Crippen LogP contribution is 2.33. The lowest BCUT2D eigenvalue weighted by Crippen LogP contribution is -2.38. The van der Waals surface area contributed by atoms with Crippen molar-refractivity contribution < 1.29 is 28.0 Å². The molecule has 2 heterocycles. The summed E-state index contributed by atoms with van der Waals surface area (Å²) in [4.78, 5) is 6.37. The van der Waals surface area contributed by atoms with Gasteiger partial charge in [-0.05, 0) is 36.2 Å². The second kappa shape index (κ2) is 7.94. The van der Waals surface area contributed by atoms with Gasteiger partial charge in [-0.25, -0.2) is 4.98 Å². The number of ether oxygens (including phenoxy) is 1. The normalized spacial score (nSPS) is 15.1. The van der Waals surface area contributed by atoms with Crippen molar-refractivity contribution in [3.8, 4) is 0 Å². The predicted molar refractivity (Wildman–Crippen MR) is 108 cm³/mol. The molecule has 0 aliphatic carbocycles. The van der Waals surface area contributed by atoms with Crippen LogP contribution in [0.3, 0.4) is 0 Å². The molecule has 2 N–H and O–H groups in total. The van der Waals surface area contributed by atoms with Crippen molar-refractivity contribution in [3.05, 3.63) is 53.3 Å². The summed E-state index contributed by atoms with van der Waals surface area (Å²) >= 11 is 0. The van der Waals surface area contributed by atoms with Gasteiger partial charge in [-0.3, -0.25) is 0 Å². The number of benzene rings is 2. The van der Waals surface area contributed by atoms with Crippen molar-refractivity contribution in [2.24, 2.45) is 0 Å². The maximum absolute atomic E-state index is 13.3. The molecule has 10 heteroatoms. The minimum Gasteiger partial charge on any atom is -0.423 e. The molecule has 0 saturated carbocycles. The molecule has 1 fully saturated rings. The minimum absolute atomic E-state index is 0.165. The zero-order chi connectivity index (χ0) is 21.5. The largest absolute Gasteiger partial charge is 0.490 e. The maximum Gasteiger partial charge on any atom is 0.490 e. The number of rotatable bonds is 4. The van der Waals surface area contributed by atoms with Crippen molar-refractivity contribution >= 4 is 29.3 Å². The van der Waals surface area contributed by atoms with E-state index in [2.05, 4.69) is 9.88 Å². The number of hydrogen-bond donors (Lipinski definition) is 2. The quantitative estimate of drug-likeness (QED) is 0.633. The van der Waals surface area contributed by atoms with Crippen LogP contribution in [-0.4, -0.2) is 53.0 Å². The number of hydrogen-bond acceptors (Lipinski definition) is 5. The van der Waals surface area contributed by atoms with E-state index in [0.717, 1.165) is 11.8 Å². The van der Waals surface area contributed by atoms with Gasteiger partial charge in [0.2, 0.25) is 0 Å². The number of alkyl halides is 3. The standard InChI is InChI=1S/C20H21BF3N3O3/c1-13-14(3-2-4-16(13)20(22,23)24)11-27-12-25-19-17(21(28)29)9-15(10-18(19)27)26-5-7-30-8-6-26/h2-4,9-10,12,28-29H,5-8,11H2,1H3. The molecule has 0 unspecified atom stereocenters. The molecule has 158 valence electrons. The number of imidazole rings is 1. The van der Waals surface area contributed by atoms with Gasteiger partial charge in [-0.2, -0.15) is 13.2 Å². The lowest BCUT2D eigenvalue weighted by molar-refractivity contribution is -0.138. The zero-order valence-corrected chi connectivity index (χ0v) is 16.4. The van der Waals surface area contributed by atoms with Crippen LogP contribution in [0, 0.1) is 6.92 Å². The van der Waals surface area contributed by atoms with E-state index in [1.165, 1.54) is 19.3 Å². The Morgan fingerprint density at radius 2 is 1.90 bits per heavy atom. The Bertz CT molecular complexity index is 1060. The van der Waals surface area contributed by atoms with Crippen LogP contribution in [0.15, 0.2) is 36.7 Å². The maximum atomic E-state index is 13.3. The van der Waals surface area contributed by atoms with Gasteiger partial charge in [0.15, 0.2) is 0 Å². The van der Waals surface area contributed by atoms with Crippen LogP contribution in [0.5, 0.6) is 0 Å². The summed E-state index contributed by atoms with van der Waals surface area (Å²) < 4.78 is 46.9. The van der Waals surface area contributed by atoms with Crippen LogP contribution < -0.4 is 10.4 Å². The number of anilines is 1. The molecule has 1 saturated heterocycles. The van der Waals surface area contributed by atoms with Crippen LogP contribution in [0.4, 0.5) is 18.9 Å². The zero-order valence-electron chi connectivity index (χ0n) is 16.4. The molecule has 30 heavy (non-hydrogen) atoms. The first-order valence-electron chi connectivity index (χ1n) is 9.59. The molecule has 2 aromatic carbocycles. The molecule has 3 aromatic rings. The third-order valence-electron chi connectivity index (χ3n) is 5.49. The van der Waals surface area contributed by atoms with Gasteiger partial charge < -0.3 is 24.3 Å². The molecule has 0 amide bonds. The number of fused-ring (bicyclic) bond motifs is 1. The fraction of sp³-hybridized carbons (Fsp3) is 0.350. The summed E-state index contributed by atoms with van der Waals surface area (Å²) in [5.74, 6) is 0. The van der Waals surface area contributed by atoms with Crippen LogP contribution in [-0.2, 0) is 17.5 Å². The fourth-order valence-corrected chi connectivity index (χ4v) is 3.85. The van der Waals surface area contributed by atoms with Crippen LogP contribution >= 0.6 is 0 Å². The Kier molecular flexibility index (Phi) is 5.48. The summed E-state index contributed by atoms with van der Waals surface area (Å²) in [7, 11) is -1.72. The molecule has 6 nitrogen and oxygen atoms in total. The van der Waals surface area contributed by atoms with Gasteiger partial charge in [0, 0.05) is 30.8 Å². The van der Waals surface area contributed by atoms with Gasteiger partial charge in [0.25, 0.3) is 0 Å². The van der Waals surface area contributed by atoms with E-state index in [9.17, 15) is 23.2 Å². The number of morpholine rings is 1. The topological polar surface area (TPSA) is 70.8 Å². The smallest absolute Gasteiger partial charge is 0.423 e. The van der Waals surface area contributed by atoms with E-state index in [1.807, 2.05) is 6.07 Å². The molecule has 1 aliphatic heterocycles. The number of aromatic nitrogens is 2. The van der Waals surface area contributed by atoms with E-state index in [0.29, 0.717) is 42.9 Å². The Balaban J connectivity index is 1.78. The lowest BCUT2D eigenvalue weighted by atomic mass is 9.79. The predicted octanol–water partition coefficient (Wildman–Crippen LogP) is 1.93. The van der Waals surface area contributed by atoms with E-state index in [-0.39, 0.29) is 17.6 Å². The SMILES string of the molecule is Cc1c(Cn2cnc3c(B(O)O)cc(N4CCOCC4)cc32)cccc1C(F)(F)F. The molecular formula is C20H21BF3N3O3. The van der Waals surface area contributed by atoms with E-state index in [1.54, 1.807) is 16.7 Å². The molecule has 0 bridgehead atoms. The van der Waals surface area contributed by atoms with Crippen molar-refractivity contribution in [3.63, 3.8) is 0 Å². The first-order valence-corrected chi connectivity index (χ1v) is 9.59. The van der Waals surface area contributed by atoms with E-state index >= 15 is 0 Å². The summed E-state index contributed by atoms with van der Waals surface area (Å²) in [5, 5.41) is 19.7. The lowest BCUT2D eigenvalue weighted by Gasteiger charge is -2.29. The highest BCUT2D eigenvalue weighted by atomic mass is 19.4. The van der Waals surface area contributed by atoms with E-state index in [4.69, 9.17) is 4.74 Å². The Labute approximate surface area is 171 Å². The second-order valence-corrected chi connectivity index (χ2v) is 7.34. The molecular weight excluding hydrogens is 398 g/mol. The Hall–Kier alpha value is -2.56. The van der Waals surface area contributed by atoms with Crippen LogP contribution in [0.25, 0.3) is 11.0 Å². The molecule has 1 aliphatic rings. The molecule has 0 atom stereocenters. The first-order chi connectivity index (χ1) is 14.3. The Morgan fingerprint density at radius 1 is 1.17 bits per heavy atom. The molecule has 1 aromatic heterocycles. The van der Waals surface area contributed by atoms with Gasteiger partial charge in [0.05, 0.1) is 36.1 Å². The average molecular weight is 419 g/mol. The molecule has 0 radical (unpaired) electrons. The van der Waals surface area contributed by atoms with Crippen molar-refractivity contribution in [1.29, 1.82) is 0 Å². The second-order valence-electron chi connectivity index (χ2n) is 7.34. The third-order valence-corrected chi connectivity index (χ3v) is 5.49. The fourth-order valence-electron chi connectivity index (χ4n) is 3.85. The summed E-state index contributed by atoms with van der Waals surface area (Å²) in [6.07, 6.45) is -2.91. The summed E-state index contributed by atoms with van der Waals surface area (Å²) in [5.41, 5.74) is 2.10. The first kappa shape index (κ1) is 20.7. The van der Waals surface area contributed by atoms with Crippen LogP contribution in [0.2, 0.25) is 0 Å². The summed E-state index contributed by atoms with van der Waals surface area (Å²) in [6, 6.07) is 7.69. The van der Waals surface area contributed by atoms with E-state index < -0.39 is 18.9 Å². The monoisotopic (exact) mass is 419 g/mol. The average Bonchev–Trinajstić information content (AvgIpc) is 3.11. The summed E-state index contributed by atoms with van der Waals surface area (Å²) in [6.45, 7) is 4.09. The number of nitrogens with zero attached hydrogens (tertiary/aromatic N) is 3. The highest BCUT2D eigenvalue weighted by Gasteiger charge is 2.33. The highest BCUT2D eigenvalue weighted by molar-refractivity contribution is 6.61. The number of halogens is 3. The van der Waals surface area contributed by atoms with Gasteiger partial charge in [0.1, 0.15) is 0 Å². The Morgan fingerprint density at radius 3 is 2.57 bits per heavy atom. The molecule has 0 spiro atoms. The van der Waals surface area contributed by atoms with Crippen molar-refractivity contribution in [1.82, 2.24) is 9.55 Å².